The molecule has 6 nitrogen and oxygen atoms in total. The van der Waals surface area contributed by atoms with Gasteiger partial charge < -0.3 is 16.4 Å². The van der Waals surface area contributed by atoms with Crippen molar-refractivity contribution in [1.29, 1.82) is 0 Å². The van der Waals surface area contributed by atoms with E-state index < -0.39 is 0 Å². The van der Waals surface area contributed by atoms with Crippen molar-refractivity contribution in [2.45, 2.75) is 13.3 Å². The standard InChI is InChI=1S/C15H22N4O2/c1-11-3-4-13(16)12(9-11)15(21)19-6-2-5-18(7-8-19)10-14(17)20/h3-4,9H,2,5-8,10,16H2,1H3,(H2,17,20). The normalized spacial score (nSPS) is 16.5. The molecule has 114 valence electrons. The Bertz CT molecular complexity index is 544. The van der Waals surface area contributed by atoms with Gasteiger partial charge in [-0.25, -0.2) is 0 Å². The molecule has 1 aromatic rings. The topological polar surface area (TPSA) is 92.7 Å². The molecule has 1 aliphatic rings. The third-order valence-corrected chi connectivity index (χ3v) is 3.69. The second-order valence-electron chi connectivity index (χ2n) is 5.48. The summed E-state index contributed by atoms with van der Waals surface area (Å²) < 4.78 is 0. The third-order valence-electron chi connectivity index (χ3n) is 3.69. The molecule has 1 aromatic carbocycles. The van der Waals surface area contributed by atoms with Gasteiger partial charge in [0.2, 0.25) is 5.91 Å². The van der Waals surface area contributed by atoms with E-state index >= 15 is 0 Å². The zero-order valence-electron chi connectivity index (χ0n) is 12.3. The smallest absolute Gasteiger partial charge is 0.255 e. The predicted molar refractivity (Wildman–Crippen MR) is 81.7 cm³/mol. The molecule has 0 saturated carbocycles. The van der Waals surface area contributed by atoms with Crippen LogP contribution in [0.2, 0.25) is 0 Å². The summed E-state index contributed by atoms with van der Waals surface area (Å²) in [5.41, 5.74) is 13.2. The van der Waals surface area contributed by atoms with Gasteiger partial charge in [0.25, 0.3) is 5.91 Å². The number of benzene rings is 1. The molecule has 6 heteroatoms. The minimum Gasteiger partial charge on any atom is -0.398 e. The number of rotatable bonds is 3. The number of carbonyl (C=O) groups is 2. The van der Waals surface area contributed by atoms with E-state index in [-0.39, 0.29) is 18.4 Å². The third kappa shape index (κ3) is 3.95. The van der Waals surface area contributed by atoms with Crippen molar-refractivity contribution in [3.63, 3.8) is 0 Å². The summed E-state index contributed by atoms with van der Waals surface area (Å²) in [7, 11) is 0. The average molecular weight is 290 g/mol. The van der Waals surface area contributed by atoms with Gasteiger partial charge >= 0.3 is 0 Å². The van der Waals surface area contributed by atoms with Crippen LogP contribution in [0.5, 0.6) is 0 Å². The largest absolute Gasteiger partial charge is 0.398 e. The number of amides is 2. The lowest BCUT2D eigenvalue weighted by atomic mass is 10.1. The maximum Gasteiger partial charge on any atom is 0.255 e. The van der Waals surface area contributed by atoms with Crippen molar-refractivity contribution < 1.29 is 9.59 Å². The Morgan fingerprint density at radius 3 is 2.67 bits per heavy atom. The molecule has 0 aromatic heterocycles. The summed E-state index contributed by atoms with van der Waals surface area (Å²) in [5, 5.41) is 0. The van der Waals surface area contributed by atoms with Crippen molar-refractivity contribution >= 4 is 17.5 Å². The maximum absolute atomic E-state index is 12.6. The number of aryl methyl sites for hydroxylation is 1. The van der Waals surface area contributed by atoms with Crippen molar-refractivity contribution in [2.75, 3.05) is 38.5 Å². The molecule has 21 heavy (non-hydrogen) atoms. The summed E-state index contributed by atoms with van der Waals surface area (Å²) >= 11 is 0. The number of nitrogens with two attached hydrogens (primary N) is 2. The van der Waals surface area contributed by atoms with Gasteiger partial charge in [-0.05, 0) is 25.5 Å². The second-order valence-corrected chi connectivity index (χ2v) is 5.48. The molecule has 1 saturated heterocycles. The van der Waals surface area contributed by atoms with Gasteiger partial charge in [-0.2, -0.15) is 0 Å². The van der Waals surface area contributed by atoms with Crippen LogP contribution in [-0.4, -0.2) is 54.3 Å². The van der Waals surface area contributed by atoms with E-state index in [0.29, 0.717) is 30.9 Å². The highest BCUT2D eigenvalue weighted by atomic mass is 16.2. The van der Waals surface area contributed by atoms with E-state index in [1.165, 1.54) is 0 Å². The number of hydrogen-bond donors (Lipinski definition) is 2. The van der Waals surface area contributed by atoms with Crippen LogP contribution >= 0.6 is 0 Å². The lowest BCUT2D eigenvalue weighted by Gasteiger charge is -2.22. The average Bonchev–Trinajstić information content (AvgIpc) is 2.66. The van der Waals surface area contributed by atoms with E-state index in [1.54, 1.807) is 11.0 Å². The number of primary amides is 1. The van der Waals surface area contributed by atoms with Crippen LogP contribution in [0.1, 0.15) is 22.3 Å². The van der Waals surface area contributed by atoms with Gasteiger partial charge in [0.1, 0.15) is 0 Å². The lowest BCUT2D eigenvalue weighted by Crippen LogP contribution is -2.38. The van der Waals surface area contributed by atoms with Crippen molar-refractivity contribution in [3.8, 4) is 0 Å². The van der Waals surface area contributed by atoms with Gasteiger partial charge in [-0.15, -0.1) is 0 Å². The Morgan fingerprint density at radius 2 is 1.95 bits per heavy atom. The molecule has 0 bridgehead atoms. The highest BCUT2D eigenvalue weighted by Gasteiger charge is 2.22. The van der Waals surface area contributed by atoms with Crippen LogP contribution in [0, 0.1) is 6.92 Å². The van der Waals surface area contributed by atoms with E-state index in [4.69, 9.17) is 11.5 Å². The summed E-state index contributed by atoms with van der Waals surface area (Å²) in [5.74, 6) is -0.380. The van der Waals surface area contributed by atoms with E-state index in [2.05, 4.69) is 0 Å². The number of hydrogen-bond acceptors (Lipinski definition) is 4. The second kappa shape index (κ2) is 6.58. The quantitative estimate of drug-likeness (QED) is 0.778. The first-order valence-electron chi connectivity index (χ1n) is 7.13. The van der Waals surface area contributed by atoms with Crippen LogP contribution in [0.3, 0.4) is 0 Å². The predicted octanol–water partition coefficient (Wildman–Crippen LogP) is 0.210. The first-order chi connectivity index (χ1) is 9.97. The molecule has 1 fully saturated rings. The summed E-state index contributed by atoms with van der Waals surface area (Å²) in [6.45, 7) is 4.86. The number of carbonyl (C=O) groups excluding carboxylic acids is 2. The Kier molecular flexibility index (Phi) is 4.80. The first-order valence-corrected chi connectivity index (χ1v) is 7.13. The number of anilines is 1. The Morgan fingerprint density at radius 1 is 1.19 bits per heavy atom. The molecule has 0 aliphatic carbocycles. The minimum absolute atomic E-state index is 0.0443. The molecule has 0 atom stereocenters. The Balaban J connectivity index is 2.06. The molecular weight excluding hydrogens is 268 g/mol. The zero-order valence-corrected chi connectivity index (χ0v) is 12.3. The molecule has 1 heterocycles. The van der Waals surface area contributed by atoms with Gasteiger partial charge in [0.15, 0.2) is 0 Å². The SMILES string of the molecule is Cc1ccc(N)c(C(=O)N2CCCN(CC(N)=O)CC2)c1. The fourth-order valence-electron chi connectivity index (χ4n) is 2.58. The first kappa shape index (κ1) is 15.3. The molecule has 4 N–H and O–H groups in total. The highest BCUT2D eigenvalue weighted by molar-refractivity contribution is 5.99. The fourth-order valence-corrected chi connectivity index (χ4v) is 2.58. The van der Waals surface area contributed by atoms with E-state index in [0.717, 1.165) is 18.5 Å². The van der Waals surface area contributed by atoms with Crippen molar-refractivity contribution in [2.24, 2.45) is 5.73 Å². The van der Waals surface area contributed by atoms with E-state index in [1.807, 2.05) is 24.0 Å². The Hall–Kier alpha value is -2.08. The fraction of sp³-hybridized carbons (Fsp3) is 0.467. The van der Waals surface area contributed by atoms with Crippen LogP contribution in [-0.2, 0) is 4.79 Å². The summed E-state index contributed by atoms with van der Waals surface area (Å²) in [6, 6.07) is 5.48. The zero-order chi connectivity index (χ0) is 15.4. The maximum atomic E-state index is 12.6. The van der Waals surface area contributed by atoms with Crippen LogP contribution in [0.15, 0.2) is 18.2 Å². The van der Waals surface area contributed by atoms with Crippen molar-refractivity contribution in [3.05, 3.63) is 29.3 Å². The molecule has 0 unspecified atom stereocenters. The number of nitrogen functional groups attached to an aromatic ring is 1. The molecule has 0 radical (unpaired) electrons. The van der Waals surface area contributed by atoms with Crippen LogP contribution < -0.4 is 11.5 Å². The van der Waals surface area contributed by atoms with Gasteiger partial charge in [-0.1, -0.05) is 11.6 Å². The van der Waals surface area contributed by atoms with Crippen LogP contribution in [0.25, 0.3) is 0 Å². The number of nitrogens with zero attached hydrogens (tertiary/aromatic N) is 2. The van der Waals surface area contributed by atoms with Gasteiger partial charge in [0, 0.05) is 31.9 Å². The lowest BCUT2D eigenvalue weighted by molar-refractivity contribution is -0.119. The van der Waals surface area contributed by atoms with E-state index in [9.17, 15) is 9.59 Å². The highest BCUT2D eigenvalue weighted by Crippen LogP contribution is 2.17. The summed E-state index contributed by atoms with van der Waals surface area (Å²) in [4.78, 5) is 27.4. The molecular formula is C15H22N4O2. The molecule has 1 aliphatic heterocycles. The Labute approximate surface area is 124 Å². The van der Waals surface area contributed by atoms with Gasteiger partial charge in [-0.3, -0.25) is 14.5 Å². The monoisotopic (exact) mass is 290 g/mol. The van der Waals surface area contributed by atoms with Crippen molar-refractivity contribution in [1.82, 2.24) is 9.80 Å². The molecule has 2 amide bonds. The molecule has 2 rings (SSSR count). The summed E-state index contributed by atoms with van der Waals surface area (Å²) in [6.07, 6.45) is 0.824. The van der Waals surface area contributed by atoms with Crippen LogP contribution in [0.4, 0.5) is 5.69 Å². The minimum atomic E-state index is -0.335. The molecule has 0 spiro atoms. The van der Waals surface area contributed by atoms with Gasteiger partial charge in [0.05, 0.1) is 12.1 Å².